The molecule has 7 heteroatoms. The summed E-state index contributed by atoms with van der Waals surface area (Å²) < 4.78 is 10.6. The molecule has 0 fully saturated rings. The molecule has 1 heterocycles. The van der Waals surface area contributed by atoms with Crippen molar-refractivity contribution in [3.8, 4) is 11.5 Å². The molecule has 0 bridgehead atoms. The van der Waals surface area contributed by atoms with E-state index in [1.807, 2.05) is 36.1 Å². The quantitative estimate of drug-likeness (QED) is 0.503. The van der Waals surface area contributed by atoms with E-state index >= 15 is 0 Å². The van der Waals surface area contributed by atoms with Crippen molar-refractivity contribution in [2.24, 2.45) is 4.99 Å². The van der Waals surface area contributed by atoms with Crippen LogP contribution in [0.2, 0.25) is 0 Å². The fraction of sp³-hybridized carbons (Fsp3) is 0.417. The number of hydrogen-bond acceptors (Lipinski definition) is 4. The van der Waals surface area contributed by atoms with E-state index < -0.39 is 0 Å². The number of ether oxygens (including phenoxy) is 2. The zero-order valence-corrected chi connectivity index (χ0v) is 18.6. The van der Waals surface area contributed by atoms with E-state index in [-0.39, 0.29) is 12.5 Å². The van der Waals surface area contributed by atoms with Gasteiger partial charge in [0, 0.05) is 26.2 Å². The molecule has 166 valence electrons. The van der Waals surface area contributed by atoms with Crippen LogP contribution in [0.3, 0.4) is 0 Å². The third-order valence-electron chi connectivity index (χ3n) is 5.35. The van der Waals surface area contributed by atoms with Gasteiger partial charge in [0.2, 0.25) is 5.91 Å². The highest BCUT2D eigenvalue weighted by Gasteiger charge is 2.20. The molecule has 1 aliphatic heterocycles. The largest absolute Gasteiger partial charge is 0.493 e. The van der Waals surface area contributed by atoms with E-state index in [1.165, 1.54) is 11.1 Å². The summed E-state index contributed by atoms with van der Waals surface area (Å²) in [5.41, 5.74) is 3.69. The van der Waals surface area contributed by atoms with E-state index in [0.29, 0.717) is 30.5 Å². The van der Waals surface area contributed by atoms with Crippen LogP contribution in [0.4, 0.5) is 0 Å². The summed E-state index contributed by atoms with van der Waals surface area (Å²) in [4.78, 5) is 19.1. The van der Waals surface area contributed by atoms with E-state index in [1.54, 1.807) is 14.2 Å². The lowest BCUT2D eigenvalue weighted by atomic mass is 10.00. The zero-order valence-electron chi connectivity index (χ0n) is 18.6. The van der Waals surface area contributed by atoms with Crippen LogP contribution in [0.1, 0.15) is 23.6 Å². The summed E-state index contributed by atoms with van der Waals surface area (Å²) in [6, 6.07) is 14.2. The van der Waals surface area contributed by atoms with Crippen molar-refractivity contribution in [1.29, 1.82) is 0 Å². The summed E-state index contributed by atoms with van der Waals surface area (Å²) in [6.45, 7) is 4.96. The SMILES string of the molecule is CCNC(=NCC(=O)N1CCc2ccccc2C1)NCCc1ccc(OC)c(OC)c1. The van der Waals surface area contributed by atoms with Crippen molar-refractivity contribution in [1.82, 2.24) is 15.5 Å². The van der Waals surface area contributed by atoms with Gasteiger partial charge in [-0.15, -0.1) is 0 Å². The van der Waals surface area contributed by atoms with Gasteiger partial charge in [-0.1, -0.05) is 30.3 Å². The van der Waals surface area contributed by atoms with Crippen LogP contribution in [0.15, 0.2) is 47.5 Å². The topological polar surface area (TPSA) is 75.2 Å². The van der Waals surface area contributed by atoms with Crippen LogP contribution in [-0.2, 0) is 24.2 Å². The highest BCUT2D eigenvalue weighted by Crippen LogP contribution is 2.27. The Labute approximate surface area is 184 Å². The predicted molar refractivity (Wildman–Crippen MR) is 123 cm³/mol. The monoisotopic (exact) mass is 424 g/mol. The highest BCUT2D eigenvalue weighted by atomic mass is 16.5. The van der Waals surface area contributed by atoms with Gasteiger partial charge in [0.05, 0.1) is 14.2 Å². The molecule has 0 aromatic heterocycles. The second kappa shape index (κ2) is 11.2. The van der Waals surface area contributed by atoms with Crippen LogP contribution in [0.5, 0.6) is 11.5 Å². The van der Waals surface area contributed by atoms with Gasteiger partial charge in [0.1, 0.15) is 6.54 Å². The van der Waals surface area contributed by atoms with E-state index in [0.717, 1.165) is 31.5 Å². The molecule has 0 spiro atoms. The summed E-state index contributed by atoms with van der Waals surface area (Å²) in [6.07, 6.45) is 1.69. The van der Waals surface area contributed by atoms with Gasteiger partial charge in [-0.2, -0.15) is 0 Å². The Bertz CT molecular complexity index is 913. The van der Waals surface area contributed by atoms with Gasteiger partial charge in [-0.25, -0.2) is 4.99 Å². The number of benzene rings is 2. The molecule has 2 aromatic carbocycles. The lowest BCUT2D eigenvalue weighted by molar-refractivity contribution is -0.130. The average Bonchev–Trinajstić information content (AvgIpc) is 2.81. The molecule has 7 nitrogen and oxygen atoms in total. The number of guanidine groups is 1. The number of rotatable bonds is 8. The summed E-state index contributed by atoms with van der Waals surface area (Å²) in [7, 11) is 3.26. The zero-order chi connectivity index (χ0) is 22.1. The first-order valence-corrected chi connectivity index (χ1v) is 10.7. The third-order valence-corrected chi connectivity index (χ3v) is 5.35. The minimum Gasteiger partial charge on any atom is -0.493 e. The molecule has 0 saturated carbocycles. The van der Waals surface area contributed by atoms with Crippen LogP contribution >= 0.6 is 0 Å². The summed E-state index contributed by atoms with van der Waals surface area (Å²) in [5, 5.41) is 6.51. The first-order chi connectivity index (χ1) is 15.1. The fourth-order valence-corrected chi connectivity index (χ4v) is 3.66. The maximum absolute atomic E-state index is 12.7. The Morgan fingerprint density at radius 1 is 1.06 bits per heavy atom. The average molecular weight is 425 g/mol. The maximum Gasteiger partial charge on any atom is 0.244 e. The Kier molecular flexibility index (Phi) is 8.15. The summed E-state index contributed by atoms with van der Waals surface area (Å²) >= 11 is 0. The fourth-order valence-electron chi connectivity index (χ4n) is 3.66. The normalized spacial score (nSPS) is 13.4. The smallest absolute Gasteiger partial charge is 0.244 e. The van der Waals surface area contributed by atoms with Gasteiger partial charge in [-0.05, 0) is 48.6 Å². The van der Waals surface area contributed by atoms with Crippen molar-refractivity contribution >= 4 is 11.9 Å². The lowest BCUT2D eigenvalue weighted by Crippen LogP contribution is -2.41. The number of methoxy groups -OCH3 is 2. The van der Waals surface area contributed by atoms with E-state index in [9.17, 15) is 4.79 Å². The van der Waals surface area contributed by atoms with Gasteiger partial charge in [0.15, 0.2) is 17.5 Å². The second-order valence-electron chi connectivity index (χ2n) is 7.40. The Balaban J connectivity index is 1.52. The molecular weight excluding hydrogens is 392 g/mol. The molecule has 2 aromatic rings. The standard InChI is InChI=1S/C24H32N4O3/c1-4-25-24(26-13-11-18-9-10-21(30-2)22(15-18)31-3)27-16-23(29)28-14-12-19-7-5-6-8-20(19)17-28/h5-10,15H,4,11-14,16-17H2,1-3H3,(H2,25,26,27). The molecular formula is C24H32N4O3. The first kappa shape index (κ1) is 22.5. The minimum atomic E-state index is 0.0478. The maximum atomic E-state index is 12.7. The molecule has 0 unspecified atom stereocenters. The predicted octanol–water partition coefficient (Wildman–Crippen LogP) is 2.39. The molecule has 31 heavy (non-hydrogen) atoms. The molecule has 0 saturated heterocycles. The van der Waals surface area contributed by atoms with Crippen LogP contribution in [0.25, 0.3) is 0 Å². The Hall–Kier alpha value is -3.22. The second-order valence-corrected chi connectivity index (χ2v) is 7.40. The third kappa shape index (κ3) is 6.13. The molecule has 0 radical (unpaired) electrons. The van der Waals surface area contributed by atoms with Gasteiger partial charge < -0.3 is 25.0 Å². The van der Waals surface area contributed by atoms with Crippen molar-refractivity contribution in [3.05, 3.63) is 59.2 Å². The van der Waals surface area contributed by atoms with E-state index in [2.05, 4.69) is 33.8 Å². The lowest BCUT2D eigenvalue weighted by Gasteiger charge is -2.28. The van der Waals surface area contributed by atoms with Crippen LogP contribution < -0.4 is 20.1 Å². The molecule has 0 aliphatic carbocycles. The van der Waals surface area contributed by atoms with Gasteiger partial charge in [0.25, 0.3) is 0 Å². The van der Waals surface area contributed by atoms with Crippen molar-refractivity contribution in [2.45, 2.75) is 26.3 Å². The number of nitrogens with one attached hydrogen (secondary N) is 2. The Morgan fingerprint density at radius 3 is 2.58 bits per heavy atom. The van der Waals surface area contributed by atoms with Gasteiger partial charge in [-0.3, -0.25) is 4.79 Å². The minimum absolute atomic E-state index is 0.0478. The van der Waals surface area contributed by atoms with E-state index in [4.69, 9.17) is 9.47 Å². The molecule has 1 aliphatic rings. The van der Waals surface area contributed by atoms with Crippen LogP contribution in [0, 0.1) is 0 Å². The number of carbonyl (C=O) groups excluding carboxylic acids is 1. The van der Waals surface area contributed by atoms with Crippen molar-refractivity contribution < 1.29 is 14.3 Å². The Morgan fingerprint density at radius 2 is 1.84 bits per heavy atom. The molecule has 1 amide bonds. The first-order valence-electron chi connectivity index (χ1n) is 10.7. The number of fused-ring (bicyclic) bond motifs is 1. The van der Waals surface area contributed by atoms with Gasteiger partial charge >= 0.3 is 0 Å². The molecule has 3 rings (SSSR count). The molecule has 0 atom stereocenters. The van der Waals surface area contributed by atoms with Crippen molar-refractivity contribution in [2.75, 3.05) is 40.4 Å². The van der Waals surface area contributed by atoms with Crippen molar-refractivity contribution in [3.63, 3.8) is 0 Å². The number of carbonyl (C=O) groups is 1. The number of amides is 1. The number of hydrogen-bond donors (Lipinski definition) is 2. The van der Waals surface area contributed by atoms with Crippen LogP contribution in [-0.4, -0.2) is 57.2 Å². The number of nitrogens with zero attached hydrogens (tertiary/aromatic N) is 2. The molecule has 2 N–H and O–H groups in total. The summed E-state index contributed by atoms with van der Waals surface area (Å²) in [5.74, 6) is 2.13. The highest BCUT2D eigenvalue weighted by molar-refractivity contribution is 5.85. The number of aliphatic imine (C=N–C) groups is 1.